The minimum Gasteiger partial charge on any atom is -0.482 e. The second kappa shape index (κ2) is 9.23. The summed E-state index contributed by atoms with van der Waals surface area (Å²) < 4.78 is 10.2. The molecule has 2 amide bonds. The molecule has 1 aliphatic rings. The number of carbonyl (C=O) groups is 3. The number of anilines is 2. The van der Waals surface area contributed by atoms with E-state index in [1.54, 1.807) is 55.5 Å². The largest absolute Gasteiger partial charge is 0.482 e. The van der Waals surface area contributed by atoms with Crippen LogP contribution < -0.4 is 15.4 Å². The standard InChI is InChI=1S/C22H24N2O5/c1-3-28-20(25)13-29-18-9-5-8-17(12-18)23-21(26)15-6-4-7-16(11-15)24-22(27)19-10-14(19)2/h4-9,11-12,14,19H,3,10,13H2,1-2H3,(H,23,26)(H,24,27). The van der Waals surface area contributed by atoms with Gasteiger partial charge in [-0.05, 0) is 49.6 Å². The van der Waals surface area contributed by atoms with Gasteiger partial charge in [0.15, 0.2) is 6.61 Å². The number of hydrogen-bond acceptors (Lipinski definition) is 5. The summed E-state index contributed by atoms with van der Waals surface area (Å²) in [7, 11) is 0. The van der Waals surface area contributed by atoms with E-state index in [9.17, 15) is 14.4 Å². The molecule has 1 fully saturated rings. The average molecular weight is 396 g/mol. The van der Waals surface area contributed by atoms with Gasteiger partial charge in [0.1, 0.15) is 5.75 Å². The van der Waals surface area contributed by atoms with Gasteiger partial charge in [-0.1, -0.05) is 19.1 Å². The lowest BCUT2D eigenvalue weighted by atomic mass is 10.1. The van der Waals surface area contributed by atoms with Crippen molar-refractivity contribution in [3.63, 3.8) is 0 Å². The Hall–Kier alpha value is -3.35. The summed E-state index contributed by atoms with van der Waals surface area (Å²) in [6.07, 6.45) is 0.903. The van der Waals surface area contributed by atoms with Crippen molar-refractivity contribution < 1.29 is 23.9 Å². The zero-order valence-electron chi connectivity index (χ0n) is 16.4. The third-order valence-corrected chi connectivity index (χ3v) is 4.59. The third-order valence-electron chi connectivity index (χ3n) is 4.59. The molecule has 2 unspecified atom stereocenters. The molecule has 0 aromatic heterocycles. The highest BCUT2D eigenvalue weighted by Gasteiger charge is 2.39. The SMILES string of the molecule is CCOC(=O)COc1cccc(NC(=O)c2cccc(NC(=O)C3CC3C)c2)c1. The molecular formula is C22H24N2O5. The van der Waals surface area contributed by atoms with Crippen molar-refractivity contribution in [1.82, 2.24) is 0 Å². The minimum atomic E-state index is -0.457. The molecule has 2 aromatic rings. The predicted molar refractivity (Wildman–Crippen MR) is 109 cm³/mol. The van der Waals surface area contributed by atoms with E-state index in [4.69, 9.17) is 9.47 Å². The molecule has 0 spiro atoms. The number of hydrogen-bond donors (Lipinski definition) is 2. The summed E-state index contributed by atoms with van der Waals surface area (Å²) in [4.78, 5) is 36.1. The number of nitrogens with one attached hydrogen (secondary N) is 2. The Morgan fingerprint density at radius 1 is 1.03 bits per heavy atom. The molecule has 1 saturated carbocycles. The Bertz CT molecular complexity index is 912. The van der Waals surface area contributed by atoms with Gasteiger partial charge in [0.2, 0.25) is 5.91 Å². The van der Waals surface area contributed by atoms with Crippen LogP contribution in [-0.4, -0.2) is 31.0 Å². The molecule has 7 heteroatoms. The number of esters is 1. The van der Waals surface area contributed by atoms with Gasteiger partial charge in [-0.15, -0.1) is 0 Å². The first-order valence-electron chi connectivity index (χ1n) is 9.57. The number of rotatable bonds is 8. The summed E-state index contributed by atoms with van der Waals surface area (Å²) in [5.74, 6) is 0.131. The van der Waals surface area contributed by atoms with Gasteiger partial charge in [0, 0.05) is 28.9 Å². The molecule has 1 aliphatic carbocycles. The van der Waals surface area contributed by atoms with Crippen molar-refractivity contribution in [2.24, 2.45) is 11.8 Å². The highest BCUT2D eigenvalue weighted by Crippen LogP contribution is 2.38. The van der Waals surface area contributed by atoms with E-state index in [0.29, 0.717) is 28.6 Å². The predicted octanol–water partition coefficient (Wildman–Crippen LogP) is 3.48. The molecule has 0 heterocycles. The second-order valence-electron chi connectivity index (χ2n) is 6.97. The van der Waals surface area contributed by atoms with Crippen molar-refractivity contribution in [1.29, 1.82) is 0 Å². The fourth-order valence-electron chi connectivity index (χ4n) is 2.87. The van der Waals surface area contributed by atoms with Crippen LogP contribution in [0.1, 0.15) is 30.6 Å². The van der Waals surface area contributed by atoms with E-state index in [2.05, 4.69) is 10.6 Å². The maximum absolute atomic E-state index is 12.6. The molecule has 0 saturated heterocycles. The van der Waals surface area contributed by atoms with E-state index in [1.807, 2.05) is 6.92 Å². The smallest absolute Gasteiger partial charge is 0.344 e. The summed E-state index contributed by atoms with van der Waals surface area (Å²) in [6.45, 7) is 3.85. The van der Waals surface area contributed by atoms with Crippen molar-refractivity contribution in [3.05, 3.63) is 54.1 Å². The molecule has 3 rings (SSSR count). The van der Waals surface area contributed by atoms with Crippen LogP contribution in [0.15, 0.2) is 48.5 Å². The molecule has 2 N–H and O–H groups in total. The van der Waals surface area contributed by atoms with E-state index < -0.39 is 5.97 Å². The van der Waals surface area contributed by atoms with E-state index >= 15 is 0 Å². The fraction of sp³-hybridized carbons (Fsp3) is 0.318. The first-order valence-corrected chi connectivity index (χ1v) is 9.57. The number of ether oxygens (including phenoxy) is 2. The third kappa shape index (κ3) is 5.81. The lowest BCUT2D eigenvalue weighted by molar-refractivity contribution is -0.145. The Morgan fingerprint density at radius 3 is 2.41 bits per heavy atom. The van der Waals surface area contributed by atoms with Crippen molar-refractivity contribution >= 4 is 29.2 Å². The molecule has 0 bridgehead atoms. The molecule has 2 atom stereocenters. The summed E-state index contributed by atoms with van der Waals surface area (Å²) in [5, 5.41) is 5.64. The lowest BCUT2D eigenvalue weighted by Gasteiger charge is -2.10. The monoisotopic (exact) mass is 396 g/mol. The highest BCUT2D eigenvalue weighted by molar-refractivity contribution is 6.05. The number of carbonyl (C=O) groups excluding carboxylic acids is 3. The summed E-state index contributed by atoms with van der Waals surface area (Å²) >= 11 is 0. The van der Waals surface area contributed by atoms with Crippen LogP contribution in [0.25, 0.3) is 0 Å². The van der Waals surface area contributed by atoms with Gasteiger partial charge in [0.25, 0.3) is 5.91 Å². The van der Waals surface area contributed by atoms with Crippen molar-refractivity contribution in [2.45, 2.75) is 20.3 Å². The quantitative estimate of drug-likeness (QED) is 0.667. The molecule has 152 valence electrons. The van der Waals surface area contributed by atoms with Crippen LogP contribution in [0, 0.1) is 11.8 Å². The maximum Gasteiger partial charge on any atom is 0.344 e. The number of amides is 2. The Labute approximate surface area is 169 Å². The molecule has 2 aromatic carbocycles. The Morgan fingerprint density at radius 2 is 1.72 bits per heavy atom. The van der Waals surface area contributed by atoms with Crippen LogP contribution in [0.5, 0.6) is 5.75 Å². The van der Waals surface area contributed by atoms with Crippen LogP contribution in [0.3, 0.4) is 0 Å². The highest BCUT2D eigenvalue weighted by atomic mass is 16.6. The maximum atomic E-state index is 12.6. The normalized spacial score (nSPS) is 17.2. The molecular weight excluding hydrogens is 372 g/mol. The van der Waals surface area contributed by atoms with Gasteiger partial charge in [-0.25, -0.2) is 4.79 Å². The lowest BCUT2D eigenvalue weighted by Crippen LogP contribution is -2.16. The first kappa shape index (κ1) is 20.4. The molecule has 0 aliphatic heterocycles. The van der Waals surface area contributed by atoms with Crippen LogP contribution in [0.2, 0.25) is 0 Å². The number of benzene rings is 2. The Kier molecular flexibility index (Phi) is 6.49. The summed E-state index contributed by atoms with van der Waals surface area (Å²) in [5.41, 5.74) is 1.54. The van der Waals surface area contributed by atoms with Gasteiger partial charge in [-0.2, -0.15) is 0 Å². The topological polar surface area (TPSA) is 93.7 Å². The molecule has 29 heavy (non-hydrogen) atoms. The van der Waals surface area contributed by atoms with Gasteiger partial charge in [0.05, 0.1) is 6.61 Å². The second-order valence-corrected chi connectivity index (χ2v) is 6.97. The van der Waals surface area contributed by atoms with E-state index in [1.165, 1.54) is 0 Å². The zero-order chi connectivity index (χ0) is 20.8. The fourth-order valence-corrected chi connectivity index (χ4v) is 2.87. The van der Waals surface area contributed by atoms with Gasteiger partial charge >= 0.3 is 5.97 Å². The van der Waals surface area contributed by atoms with Crippen LogP contribution in [-0.2, 0) is 14.3 Å². The molecule has 0 radical (unpaired) electrons. The van der Waals surface area contributed by atoms with Crippen molar-refractivity contribution in [3.8, 4) is 5.75 Å². The van der Waals surface area contributed by atoms with Gasteiger partial charge in [-0.3, -0.25) is 9.59 Å². The zero-order valence-corrected chi connectivity index (χ0v) is 16.4. The average Bonchev–Trinajstić information content (AvgIpc) is 3.44. The van der Waals surface area contributed by atoms with Crippen LogP contribution >= 0.6 is 0 Å². The first-order chi connectivity index (χ1) is 14.0. The summed E-state index contributed by atoms with van der Waals surface area (Å²) in [6, 6.07) is 13.5. The van der Waals surface area contributed by atoms with Crippen LogP contribution in [0.4, 0.5) is 11.4 Å². The van der Waals surface area contributed by atoms with E-state index in [-0.39, 0.29) is 30.9 Å². The van der Waals surface area contributed by atoms with E-state index in [0.717, 1.165) is 6.42 Å². The van der Waals surface area contributed by atoms with Gasteiger partial charge < -0.3 is 20.1 Å². The molecule has 7 nitrogen and oxygen atoms in total. The minimum absolute atomic E-state index is 0.0125. The Balaban J connectivity index is 1.60. The van der Waals surface area contributed by atoms with Crippen molar-refractivity contribution in [2.75, 3.05) is 23.8 Å².